The van der Waals surface area contributed by atoms with Crippen LogP contribution >= 0.6 is 11.8 Å². The highest BCUT2D eigenvalue weighted by atomic mass is 32.2. The van der Waals surface area contributed by atoms with Gasteiger partial charge in [-0.3, -0.25) is 0 Å². The molecule has 168 valence electrons. The summed E-state index contributed by atoms with van der Waals surface area (Å²) in [5, 5.41) is 8.82. The van der Waals surface area contributed by atoms with Crippen molar-refractivity contribution in [3.8, 4) is 16.9 Å². The minimum Gasteiger partial charge on any atom is -0.482 e. The maximum atomic E-state index is 12.7. The van der Waals surface area contributed by atoms with Crippen molar-refractivity contribution in [2.24, 2.45) is 0 Å². The van der Waals surface area contributed by atoms with Crippen LogP contribution in [0.25, 0.3) is 11.1 Å². The van der Waals surface area contributed by atoms with Gasteiger partial charge in [0.2, 0.25) is 0 Å². The Morgan fingerprint density at radius 1 is 0.969 bits per heavy atom. The second-order valence-corrected chi connectivity index (χ2v) is 8.31. The first kappa shape index (κ1) is 23.7. The summed E-state index contributed by atoms with van der Waals surface area (Å²) in [6.07, 6.45) is -2.62. The minimum absolute atomic E-state index is 0.367. The summed E-state index contributed by atoms with van der Waals surface area (Å²) in [7, 11) is 0. The van der Waals surface area contributed by atoms with Crippen molar-refractivity contribution >= 4 is 17.7 Å². The van der Waals surface area contributed by atoms with E-state index in [1.807, 2.05) is 42.5 Å². The van der Waals surface area contributed by atoms with Crippen LogP contribution in [0.15, 0.2) is 71.6 Å². The van der Waals surface area contributed by atoms with Gasteiger partial charge in [0.1, 0.15) is 5.75 Å². The molecule has 0 aliphatic heterocycles. The van der Waals surface area contributed by atoms with Crippen LogP contribution in [0.1, 0.15) is 30.0 Å². The van der Waals surface area contributed by atoms with E-state index in [2.05, 4.69) is 6.92 Å². The van der Waals surface area contributed by atoms with E-state index in [4.69, 9.17) is 9.84 Å². The molecule has 0 saturated heterocycles. The summed E-state index contributed by atoms with van der Waals surface area (Å²) < 4.78 is 43.6. The molecule has 0 amide bonds. The predicted octanol–water partition coefficient (Wildman–Crippen LogP) is 7.08. The molecule has 3 aromatic rings. The second kappa shape index (κ2) is 10.6. The van der Waals surface area contributed by atoms with Gasteiger partial charge in [-0.15, -0.1) is 11.8 Å². The van der Waals surface area contributed by atoms with Crippen molar-refractivity contribution in [1.29, 1.82) is 0 Å². The van der Waals surface area contributed by atoms with Gasteiger partial charge >= 0.3 is 12.1 Å². The SMILES string of the molecule is CCCc1cc(SCc2ccc(-c3ccc(C(F)(F)F)cc3)cc2)ccc1OCC(=O)O. The Balaban J connectivity index is 1.64. The first-order valence-electron chi connectivity index (χ1n) is 10.1. The molecular formula is C25H23F3O3S. The summed E-state index contributed by atoms with van der Waals surface area (Å²) in [4.78, 5) is 11.8. The summed E-state index contributed by atoms with van der Waals surface area (Å²) >= 11 is 1.66. The molecule has 0 radical (unpaired) electrons. The molecule has 3 rings (SSSR count). The fourth-order valence-electron chi connectivity index (χ4n) is 3.20. The Kier molecular flexibility index (Phi) is 7.85. The average molecular weight is 461 g/mol. The molecular weight excluding hydrogens is 437 g/mol. The van der Waals surface area contributed by atoms with Gasteiger partial charge in [-0.25, -0.2) is 4.79 Å². The highest BCUT2D eigenvalue weighted by Gasteiger charge is 2.29. The predicted molar refractivity (Wildman–Crippen MR) is 120 cm³/mol. The van der Waals surface area contributed by atoms with E-state index in [9.17, 15) is 18.0 Å². The topological polar surface area (TPSA) is 46.5 Å². The van der Waals surface area contributed by atoms with Crippen molar-refractivity contribution < 1.29 is 27.8 Å². The number of rotatable bonds is 9. The van der Waals surface area contributed by atoms with Crippen LogP contribution < -0.4 is 4.74 Å². The van der Waals surface area contributed by atoms with Gasteiger partial charge in [-0.2, -0.15) is 13.2 Å². The molecule has 0 aliphatic rings. The molecule has 3 nitrogen and oxygen atoms in total. The Morgan fingerprint density at radius 2 is 1.59 bits per heavy atom. The van der Waals surface area contributed by atoms with E-state index in [0.717, 1.165) is 57.9 Å². The summed E-state index contributed by atoms with van der Waals surface area (Å²) in [6.45, 7) is 1.69. The summed E-state index contributed by atoms with van der Waals surface area (Å²) in [6, 6.07) is 18.7. The van der Waals surface area contributed by atoms with Gasteiger partial charge in [0.15, 0.2) is 6.61 Å². The van der Waals surface area contributed by atoms with E-state index < -0.39 is 17.7 Å². The number of alkyl halides is 3. The smallest absolute Gasteiger partial charge is 0.416 e. The van der Waals surface area contributed by atoms with Crippen molar-refractivity contribution in [1.82, 2.24) is 0 Å². The van der Waals surface area contributed by atoms with Crippen LogP contribution in [0.3, 0.4) is 0 Å². The summed E-state index contributed by atoms with van der Waals surface area (Å²) in [5.74, 6) is 0.318. The lowest BCUT2D eigenvalue weighted by molar-refractivity contribution is -0.139. The number of benzene rings is 3. The van der Waals surface area contributed by atoms with Gasteiger partial charge in [0, 0.05) is 10.6 Å². The normalized spacial score (nSPS) is 11.4. The monoisotopic (exact) mass is 460 g/mol. The Bertz CT molecular complexity index is 1050. The zero-order valence-electron chi connectivity index (χ0n) is 17.5. The minimum atomic E-state index is -4.34. The maximum Gasteiger partial charge on any atom is 0.416 e. The molecule has 0 atom stereocenters. The van der Waals surface area contributed by atoms with Crippen molar-refractivity contribution in [2.75, 3.05) is 6.61 Å². The molecule has 0 aromatic heterocycles. The van der Waals surface area contributed by atoms with Crippen LogP contribution in [0.2, 0.25) is 0 Å². The van der Waals surface area contributed by atoms with Crippen LogP contribution in [0.5, 0.6) is 5.75 Å². The number of aliphatic carboxylic acids is 1. The third-order valence-corrected chi connectivity index (χ3v) is 5.87. The van der Waals surface area contributed by atoms with Gasteiger partial charge in [0.05, 0.1) is 5.56 Å². The molecule has 0 aliphatic carbocycles. The van der Waals surface area contributed by atoms with Crippen LogP contribution in [0.4, 0.5) is 13.2 Å². The zero-order valence-corrected chi connectivity index (χ0v) is 18.3. The lowest BCUT2D eigenvalue weighted by Crippen LogP contribution is -2.10. The van der Waals surface area contributed by atoms with Crippen molar-refractivity contribution in [2.45, 2.75) is 36.6 Å². The fourth-order valence-corrected chi connectivity index (χ4v) is 4.12. The molecule has 7 heteroatoms. The van der Waals surface area contributed by atoms with E-state index in [-0.39, 0.29) is 6.61 Å². The van der Waals surface area contributed by atoms with Crippen LogP contribution in [0, 0.1) is 0 Å². The van der Waals surface area contributed by atoms with E-state index in [1.54, 1.807) is 11.8 Å². The van der Waals surface area contributed by atoms with E-state index in [0.29, 0.717) is 5.75 Å². The number of thioether (sulfide) groups is 1. The lowest BCUT2D eigenvalue weighted by Gasteiger charge is -2.12. The number of carboxylic acids is 1. The standard InChI is InChI=1S/C25H23F3O3S/c1-2-3-20-14-22(12-13-23(20)31-15-24(29)30)32-16-17-4-6-18(7-5-17)19-8-10-21(11-9-19)25(26,27)28/h4-14H,2-3,15-16H2,1H3,(H,29,30). The summed E-state index contributed by atoms with van der Waals surface area (Å²) in [5.41, 5.74) is 3.01. The number of ether oxygens (including phenoxy) is 1. The molecule has 32 heavy (non-hydrogen) atoms. The molecule has 3 aromatic carbocycles. The van der Waals surface area contributed by atoms with Gasteiger partial charge in [-0.05, 0) is 59.0 Å². The van der Waals surface area contributed by atoms with Crippen LogP contribution in [-0.4, -0.2) is 17.7 Å². The first-order chi connectivity index (χ1) is 15.3. The molecule has 0 fully saturated rings. The largest absolute Gasteiger partial charge is 0.482 e. The van der Waals surface area contributed by atoms with Gasteiger partial charge in [0.25, 0.3) is 0 Å². The fraction of sp³-hybridized carbons (Fsp3) is 0.240. The molecule has 0 bridgehead atoms. The van der Waals surface area contributed by atoms with Gasteiger partial charge < -0.3 is 9.84 Å². The van der Waals surface area contributed by atoms with E-state index >= 15 is 0 Å². The zero-order chi connectivity index (χ0) is 23.1. The molecule has 0 unspecified atom stereocenters. The molecule has 0 heterocycles. The third kappa shape index (κ3) is 6.53. The molecule has 0 saturated carbocycles. The number of carboxylic acid groups (broad SMARTS) is 1. The third-order valence-electron chi connectivity index (χ3n) is 4.81. The Hall–Kier alpha value is -2.93. The van der Waals surface area contributed by atoms with Crippen molar-refractivity contribution in [3.63, 3.8) is 0 Å². The van der Waals surface area contributed by atoms with Gasteiger partial charge in [-0.1, -0.05) is 49.7 Å². The first-order valence-corrected chi connectivity index (χ1v) is 11.1. The quantitative estimate of drug-likeness (QED) is 0.347. The maximum absolute atomic E-state index is 12.7. The Morgan fingerprint density at radius 3 is 2.16 bits per heavy atom. The number of carbonyl (C=O) groups is 1. The number of hydrogen-bond acceptors (Lipinski definition) is 3. The highest BCUT2D eigenvalue weighted by Crippen LogP contribution is 2.32. The molecule has 0 spiro atoms. The van der Waals surface area contributed by atoms with E-state index in [1.165, 1.54) is 12.1 Å². The average Bonchev–Trinajstić information content (AvgIpc) is 2.77. The second-order valence-electron chi connectivity index (χ2n) is 7.26. The Labute approximate surface area is 189 Å². The number of hydrogen-bond donors (Lipinski definition) is 1. The number of aryl methyl sites for hydroxylation is 1. The van der Waals surface area contributed by atoms with Crippen LogP contribution in [-0.2, 0) is 23.1 Å². The highest BCUT2D eigenvalue weighted by molar-refractivity contribution is 7.98. The lowest BCUT2D eigenvalue weighted by atomic mass is 10.0. The number of halogens is 3. The molecule has 1 N–H and O–H groups in total. The van der Waals surface area contributed by atoms with Crippen molar-refractivity contribution in [3.05, 3.63) is 83.4 Å².